The Morgan fingerprint density at radius 3 is 2.31 bits per heavy atom. The van der Waals surface area contributed by atoms with Crippen LogP contribution in [0.1, 0.15) is 64.4 Å². The van der Waals surface area contributed by atoms with Crippen molar-refractivity contribution in [3.05, 3.63) is 24.0 Å². The van der Waals surface area contributed by atoms with Gasteiger partial charge < -0.3 is 50.2 Å². The van der Waals surface area contributed by atoms with Crippen molar-refractivity contribution in [1.82, 2.24) is 4.98 Å². The number of aromatic nitrogens is 1. The van der Waals surface area contributed by atoms with Gasteiger partial charge in [0.2, 0.25) is 0 Å². The number of H-pyrrole nitrogens is 1. The van der Waals surface area contributed by atoms with E-state index in [0.29, 0.717) is 0 Å². The first-order chi connectivity index (χ1) is 16.3. The standard InChI is InChI=1S/C25H35NO10/c1-12(2)22(32)16(35-14(27)13-7-6-10-26-13)23(33)18(4)11-21(31)19(22,5)25(23,34)24(36-21)15(28)17(3,29)8-9-20(18,24)30/h6-7,10,12,15-16,26,28-34H,8-9,11H2,1-5H3/t15-,16-,17+,18+,19+,20+,21+,22-,23-,24-,25-/m1/s1. The second kappa shape index (κ2) is 6.02. The van der Waals surface area contributed by atoms with Crippen molar-refractivity contribution >= 4 is 5.97 Å². The van der Waals surface area contributed by atoms with Crippen molar-refractivity contribution in [2.45, 2.75) is 105 Å². The smallest absolute Gasteiger partial charge is 0.355 e. The zero-order valence-electron chi connectivity index (χ0n) is 20.9. The average molecular weight is 510 g/mol. The van der Waals surface area contributed by atoms with Gasteiger partial charge in [-0.15, -0.1) is 0 Å². The molecule has 3 heterocycles. The number of carbonyl (C=O) groups is 1. The third-order valence-corrected chi connectivity index (χ3v) is 11.4. The Labute approximate surface area is 207 Å². The Hall–Kier alpha value is -1.57. The van der Waals surface area contributed by atoms with Crippen LogP contribution in [0.25, 0.3) is 0 Å². The minimum atomic E-state index is -2.77. The quantitative estimate of drug-likeness (QED) is 0.233. The Bertz CT molecular complexity index is 1170. The number of hydrogen-bond acceptors (Lipinski definition) is 10. The number of esters is 1. The molecule has 0 amide bonds. The first-order valence-electron chi connectivity index (χ1n) is 12.4. The fourth-order valence-corrected chi connectivity index (χ4v) is 9.54. The zero-order valence-corrected chi connectivity index (χ0v) is 20.9. The lowest BCUT2D eigenvalue weighted by Gasteiger charge is -2.61. The van der Waals surface area contributed by atoms with E-state index in [1.165, 1.54) is 33.0 Å². The minimum Gasteiger partial charge on any atom is -0.451 e. The highest BCUT2D eigenvalue weighted by atomic mass is 16.7. The molecule has 2 aliphatic heterocycles. The van der Waals surface area contributed by atoms with Crippen molar-refractivity contribution in [2.24, 2.45) is 16.7 Å². The van der Waals surface area contributed by atoms with E-state index in [4.69, 9.17) is 9.47 Å². The van der Waals surface area contributed by atoms with Gasteiger partial charge in [-0.05, 0) is 44.7 Å². The molecule has 1 spiro atoms. The highest BCUT2D eigenvalue weighted by molar-refractivity contribution is 5.87. The summed E-state index contributed by atoms with van der Waals surface area (Å²) in [5.41, 5.74) is -18.3. The molecule has 6 bridgehead atoms. The van der Waals surface area contributed by atoms with Crippen LogP contribution in [-0.4, -0.2) is 98.3 Å². The molecule has 11 heteroatoms. The highest BCUT2D eigenvalue weighted by Crippen LogP contribution is 2.90. The van der Waals surface area contributed by atoms with Crippen LogP contribution in [0.5, 0.6) is 0 Å². The molecule has 7 rings (SSSR count). The van der Waals surface area contributed by atoms with E-state index >= 15 is 0 Å². The third kappa shape index (κ3) is 1.77. The van der Waals surface area contributed by atoms with Crippen LogP contribution in [0.4, 0.5) is 0 Å². The molecule has 4 saturated carbocycles. The molecule has 2 saturated heterocycles. The lowest BCUT2D eigenvalue weighted by Crippen LogP contribution is -2.78. The van der Waals surface area contributed by atoms with Crippen LogP contribution in [0, 0.1) is 16.7 Å². The SMILES string of the molecule is CC(C)[C@@]1(O)[C@@H](OC(=O)c2ccc[nH]2)[C@@]2(O)[C@@]3(C)C[C@]4(O)O[C@@]5([C@H](O)[C@@](C)(O)CC[C@]35O)[C@@]2(O)[C@]14C. The van der Waals surface area contributed by atoms with Gasteiger partial charge in [0, 0.05) is 18.0 Å². The molecular formula is C25H35NO10. The largest absolute Gasteiger partial charge is 0.451 e. The fraction of sp³-hybridized carbons (Fsp3) is 0.800. The first kappa shape index (κ1) is 24.7. The molecule has 0 radical (unpaired) electrons. The lowest BCUT2D eigenvalue weighted by atomic mass is 9.52. The first-order valence-corrected chi connectivity index (χ1v) is 12.4. The van der Waals surface area contributed by atoms with Crippen LogP contribution in [0.2, 0.25) is 0 Å². The van der Waals surface area contributed by atoms with Crippen LogP contribution >= 0.6 is 0 Å². The summed E-state index contributed by atoms with van der Waals surface area (Å²) in [7, 11) is 0. The maximum absolute atomic E-state index is 13.2. The van der Waals surface area contributed by atoms with Crippen molar-refractivity contribution < 1.29 is 50.0 Å². The van der Waals surface area contributed by atoms with Crippen LogP contribution in [0.15, 0.2) is 18.3 Å². The Morgan fingerprint density at radius 1 is 1.11 bits per heavy atom. The number of rotatable bonds is 3. The van der Waals surface area contributed by atoms with Gasteiger partial charge in [0.15, 0.2) is 17.5 Å². The Balaban J connectivity index is 1.70. The van der Waals surface area contributed by atoms with Gasteiger partial charge in [0.1, 0.15) is 34.2 Å². The Morgan fingerprint density at radius 2 is 1.75 bits per heavy atom. The lowest BCUT2D eigenvalue weighted by molar-refractivity contribution is -0.398. The number of nitrogens with one attached hydrogen (secondary N) is 1. The van der Waals surface area contributed by atoms with Gasteiger partial charge in [-0.25, -0.2) is 4.79 Å². The van der Waals surface area contributed by atoms with Crippen molar-refractivity contribution in [3.8, 4) is 0 Å². The second-order valence-corrected chi connectivity index (χ2v) is 12.7. The van der Waals surface area contributed by atoms with Gasteiger partial charge in [-0.2, -0.15) is 0 Å². The molecule has 36 heavy (non-hydrogen) atoms. The van der Waals surface area contributed by atoms with E-state index < -0.39 is 80.7 Å². The van der Waals surface area contributed by atoms with E-state index in [9.17, 15) is 40.5 Å². The molecule has 200 valence electrons. The summed E-state index contributed by atoms with van der Waals surface area (Å²) in [6, 6.07) is 3.00. The minimum absolute atomic E-state index is 0.0261. The summed E-state index contributed by atoms with van der Waals surface area (Å²) in [6.45, 7) is 7.23. The molecule has 8 N–H and O–H groups in total. The highest BCUT2D eigenvalue weighted by Gasteiger charge is 3.10. The van der Waals surface area contributed by atoms with Gasteiger partial charge in [0.25, 0.3) is 0 Å². The third-order valence-electron chi connectivity index (χ3n) is 11.4. The van der Waals surface area contributed by atoms with E-state index in [0.717, 1.165) is 0 Å². The summed E-state index contributed by atoms with van der Waals surface area (Å²) in [5, 5.41) is 85.0. The number of aromatic amines is 1. The second-order valence-electron chi connectivity index (χ2n) is 12.7. The summed E-state index contributed by atoms with van der Waals surface area (Å²) >= 11 is 0. The predicted octanol–water partition coefficient (Wildman–Crippen LogP) is -1.07. The van der Waals surface area contributed by atoms with E-state index in [1.807, 2.05) is 0 Å². The summed E-state index contributed by atoms with van der Waals surface area (Å²) < 4.78 is 11.9. The molecule has 1 aromatic heterocycles. The van der Waals surface area contributed by atoms with Gasteiger partial charge in [-0.3, -0.25) is 0 Å². The summed E-state index contributed by atoms with van der Waals surface area (Å²) in [5.74, 6) is -4.14. The van der Waals surface area contributed by atoms with Crippen molar-refractivity contribution in [3.63, 3.8) is 0 Å². The monoisotopic (exact) mass is 509 g/mol. The molecule has 0 unspecified atom stereocenters. The van der Waals surface area contributed by atoms with Crippen LogP contribution in [-0.2, 0) is 9.47 Å². The molecule has 6 fully saturated rings. The summed E-state index contributed by atoms with van der Waals surface area (Å²) in [4.78, 5) is 15.9. The molecule has 1 aromatic rings. The summed E-state index contributed by atoms with van der Waals surface area (Å²) in [6.07, 6.45) is -3.09. The number of hydrogen-bond donors (Lipinski definition) is 8. The number of aliphatic hydroxyl groups excluding tert-OH is 1. The van der Waals surface area contributed by atoms with Gasteiger partial charge in [-0.1, -0.05) is 20.8 Å². The molecule has 6 aliphatic rings. The molecule has 11 atom stereocenters. The van der Waals surface area contributed by atoms with E-state index in [2.05, 4.69) is 4.98 Å². The maximum atomic E-state index is 13.2. The maximum Gasteiger partial charge on any atom is 0.355 e. The van der Waals surface area contributed by atoms with Crippen LogP contribution < -0.4 is 0 Å². The number of ether oxygens (including phenoxy) is 2. The zero-order chi connectivity index (χ0) is 26.8. The topological polar surface area (TPSA) is 193 Å². The Kier molecular flexibility index (Phi) is 4.14. The van der Waals surface area contributed by atoms with E-state index in [1.54, 1.807) is 19.9 Å². The predicted molar refractivity (Wildman–Crippen MR) is 120 cm³/mol. The van der Waals surface area contributed by atoms with E-state index in [-0.39, 0.29) is 18.5 Å². The molecule has 0 aromatic carbocycles. The van der Waals surface area contributed by atoms with Crippen LogP contribution in [0.3, 0.4) is 0 Å². The van der Waals surface area contributed by atoms with Gasteiger partial charge >= 0.3 is 5.97 Å². The normalized spacial score (nSPS) is 60.6. The fourth-order valence-electron chi connectivity index (χ4n) is 9.54. The molecular weight excluding hydrogens is 474 g/mol. The number of aliphatic hydroxyl groups is 7. The molecule has 4 aliphatic carbocycles. The number of carbonyl (C=O) groups excluding carboxylic acids is 1. The van der Waals surface area contributed by atoms with Gasteiger partial charge in [0.05, 0.1) is 11.0 Å². The van der Waals surface area contributed by atoms with Crippen molar-refractivity contribution in [1.29, 1.82) is 0 Å². The average Bonchev–Trinajstić information content (AvgIpc) is 3.41. The molecule has 11 nitrogen and oxygen atoms in total. The van der Waals surface area contributed by atoms with Crippen molar-refractivity contribution in [2.75, 3.05) is 0 Å².